The van der Waals surface area contributed by atoms with Gasteiger partial charge in [0.15, 0.2) is 0 Å². The van der Waals surface area contributed by atoms with Crippen molar-refractivity contribution in [2.24, 2.45) is 0 Å². The lowest BCUT2D eigenvalue weighted by Gasteiger charge is -2.32. The quantitative estimate of drug-likeness (QED) is 0.403. The highest BCUT2D eigenvalue weighted by Crippen LogP contribution is 2.40. The molecule has 0 radical (unpaired) electrons. The summed E-state index contributed by atoms with van der Waals surface area (Å²) >= 11 is 1.76. The maximum absolute atomic E-state index is 13.3. The molecule has 5 rings (SSSR count). The number of carbonyl (C=O) groups excluding carboxylic acids is 2. The largest absolute Gasteiger partial charge is 0.358 e. The number of aromatic amines is 1. The SMILES string of the molecule is Cc1[nH]c(/C=C2\C(=O)N(C)c3ccc(SCc4ccccc4)cc32)c(C)c1C(=O)N1CCN(C)CC1. The van der Waals surface area contributed by atoms with Crippen LogP contribution >= 0.6 is 11.8 Å². The van der Waals surface area contributed by atoms with Gasteiger partial charge in [-0.2, -0.15) is 0 Å². The molecule has 186 valence electrons. The van der Waals surface area contributed by atoms with E-state index in [1.807, 2.05) is 44.0 Å². The van der Waals surface area contributed by atoms with E-state index in [-0.39, 0.29) is 11.8 Å². The molecule has 36 heavy (non-hydrogen) atoms. The number of piperazine rings is 1. The first-order valence-electron chi connectivity index (χ1n) is 12.3. The number of anilines is 1. The molecule has 1 N–H and O–H groups in total. The van der Waals surface area contributed by atoms with Gasteiger partial charge in [-0.3, -0.25) is 9.59 Å². The molecule has 6 nitrogen and oxygen atoms in total. The molecular formula is C29H32N4O2S. The first-order valence-corrected chi connectivity index (χ1v) is 13.3. The Bertz CT molecular complexity index is 1340. The number of thioether (sulfide) groups is 1. The Morgan fingerprint density at radius 1 is 1.03 bits per heavy atom. The minimum Gasteiger partial charge on any atom is -0.358 e. The molecule has 0 atom stereocenters. The van der Waals surface area contributed by atoms with Crippen molar-refractivity contribution in [2.75, 3.05) is 45.2 Å². The van der Waals surface area contributed by atoms with E-state index in [9.17, 15) is 9.59 Å². The van der Waals surface area contributed by atoms with E-state index < -0.39 is 0 Å². The second-order valence-corrected chi connectivity index (χ2v) is 10.7. The number of hydrogen-bond donors (Lipinski definition) is 1. The Morgan fingerprint density at radius 3 is 2.47 bits per heavy atom. The van der Waals surface area contributed by atoms with Crippen LogP contribution in [0.3, 0.4) is 0 Å². The van der Waals surface area contributed by atoms with Gasteiger partial charge < -0.3 is 19.7 Å². The molecule has 2 aliphatic rings. The summed E-state index contributed by atoms with van der Waals surface area (Å²) in [6.07, 6.45) is 1.92. The van der Waals surface area contributed by atoms with Gasteiger partial charge >= 0.3 is 0 Å². The van der Waals surface area contributed by atoms with Crippen molar-refractivity contribution >= 4 is 40.9 Å². The second kappa shape index (κ2) is 9.99. The Labute approximate surface area is 217 Å². The molecule has 1 fully saturated rings. The van der Waals surface area contributed by atoms with Crippen molar-refractivity contribution in [1.29, 1.82) is 0 Å². The molecule has 1 aromatic heterocycles. The van der Waals surface area contributed by atoms with Crippen LogP contribution in [0.5, 0.6) is 0 Å². The zero-order chi connectivity index (χ0) is 25.4. The average molecular weight is 501 g/mol. The van der Waals surface area contributed by atoms with E-state index in [2.05, 4.69) is 53.3 Å². The summed E-state index contributed by atoms with van der Waals surface area (Å²) in [6.45, 7) is 7.13. The van der Waals surface area contributed by atoms with Crippen LogP contribution in [0.25, 0.3) is 11.6 Å². The summed E-state index contributed by atoms with van der Waals surface area (Å²) in [5.74, 6) is 0.900. The van der Waals surface area contributed by atoms with Gasteiger partial charge in [-0.15, -0.1) is 11.8 Å². The van der Waals surface area contributed by atoms with E-state index in [4.69, 9.17) is 0 Å². The van der Waals surface area contributed by atoms with Gasteiger partial charge in [0, 0.05) is 60.8 Å². The van der Waals surface area contributed by atoms with Crippen LogP contribution in [0.4, 0.5) is 5.69 Å². The van der Waals surface area contributed by atoms with Gasteiger partial charge in [-0.05, 0) is 56.3 Å². The van der Waals surface area contributed by atoms with Crippen LogP contribution in [0, 0.1) is 13.8 Å². The third kappa shape index (κ3) is 4.61. The normalized spacial score (nSPS) is 17.2. The number of hydrogen-bond acceptors (Lipinski definition) is 4. The summed E-state index contributed by atoms with van der Waals surface area (Å²) in [5.41, 5.74) is 7.02. The molecule has 0 saturated carbocycles. The van der Waals surface area contributed by atoms with Crippen molar-refractivity contribution in [2.45, 2.75) is 24.5 Å². The summed E-state index contributed by atoms with van der Waals surface area (Å²) in [6, 6.07) is 16.6. The predicted octanol–water partition coefficient (Wildman–Crippen LogP) is 4.83. The maximum Gasteiger partial charge on any atom is 0.258 e. The summed E-state index contributed by atoms with van der Waals surface area (Å²) in [5, 5.41) is 0. The molecule has 3 heterocycles. The molecule has 0 bridgehead atoms. The van der Waals surface area contributed by atoms with Gasteiger partial charge in [-0.25, -0.2) is 0 Å². The van der Waals surface area contributed by atoms with Crippen molar-refractivity contribution in [3.63, 3.8) is 0 Å². The zero-order valence-electron chi connectivity index (χ0n) is 21.3. The number of likely N-dealkylation sites (N-methyl/N-ethyl adjacent to an activating group) is 2. The fraction of sp³-hybridized carbons (Fsp3) is 0.310. The van der Waals surface area contributed by atoms with Crippen LogP contribution in [0.1, 0.15) is 38.4 Å². The molecule has 2 aliphatic heterocycles. The Balaban J connectivity index is 1.44. The number of rotatable bonds is 5. The molecule has 7 heteroatoms. The van der Waals surface area contributed by atoms with Crippen molar-refractivity contribution in [3.8, 4) is 0 Å². The van der Waals surface area contributed by atoms with Gasteiger partial charge in [0.1, 0.15) is 0 Å². The first-order chi connectivity index (χ1) is 17.3. The molecular weight excluding hydrogens is 468 g/mol. The minimum absolute atomic E-state index is 0.0335. The minimum atomic E-state index is -0.0335. The number of nitrogens with one attached hydrogen (secondary N) is 1. The fourth-order valence-corrected chi connectivity index (χ4v) is 5.84. The topological polar surface area (TPSA) is 59.7 Å². The third-order valence-electron chi connectivity index (χ3n) is 7.17. The Kier molecular flexibility index (Phi) is 6.77. The summed E-state index contributed by atoms with van der Waals surface area (Å²) in [7, 11) is 3.89. The van der Waals surface area contributed by atoms with Crippen LogP contribution < -0.4 is 4.90 Å². The van der Waals surface area contributed by atoms with Gasteiger partial charge in [-0.1, -0.05) is 30.3 Å². The lowest BCUT2D eigenvalue weighted by atomic mass is 10.0. The van der Waals surface area contributed by atoms with Gasteiger partial charge in [0.05, 0.1) is 16.8 Å². The number of nitrogens with zero attached hydrogens (tertiary/aromatic N) is 3. The van der Waals surface area contributed by atoms with Crippen LogP contribution in [0.2, 0.25) is 0 Å². The standard InChI is InChI=1S/C29H32N4O2S/c1-19-25(30-20(2)27(19)29(35)33-14-12-31(3)13-15-33)17-24-23-16-22(10-11-26(23)32(4)28(24)34)36-18-21-8-6-5-7-9-21/h5-11,16-17,30H,12-15,18H2,1-4H3/b24-17-. The number of carbonyl (C=O) groups is 2. The van der Waals surface area contributed by atoms with Crippen molar-refractivity contribution < 1.29 is 9.59 Å². The molecule has 2 amide bonds. The van der Waals surface area contributed by atoms with Gasteiger partial charge in [0.2, 0.25) is 0 Å². The highest BCUT2D eigenvalue weighted by Gasteiger charge is 2.31. The van der Waals surface area contributed by atoms with E-state index in [0.29, 0.717) is 5.57 Å². The third-order valence-corrected chi connectivity index (χ3v) is 8.24. The predicted molar refractivity (Wildman–Crippen MR) is 147 cm³/mol. The zero-order valence-corrected chi connectivity index (χ0v) is 22.1. The number of amides is 2. The van der Waals surface area contributed by atoms with Crippen molar-refractivity contribution in [3.05, 3.63) is 82.2 Å². The summed E-state index contributed by atoms with van der Waals surface area (Å²) in [4.78, 5) is 36.9. The monoisotopic (exact) mass is 500 g/mol. The Hall–Kier alpha value is -3.29. The van der Waals surface area contributed by atoms with E-state index in [1.54, 1.807) is 16.7 Å². The smallest absolute Gasteiger partial charge is 0.258 e. The fourth-order valence-electron chi connectivity index (χ4n) is 4.95. The number of aromatic nitrogens is 1. The van der Waals surface area contributed by atoms with E-state index in [1.165, 1.54) is 5.56 Å². The average Bonchev–Trinajstić information content (AvgIpc) is 3.30. The van der Waals surface area contributed by atoms with Crippen molar-refractivity contribution in [1.82, 2.24) is 14.8 Å². The van der Waals surface area contributed by atoms with Crippen LogP contribution in [-0.2, 0) is 10.5 Å². The lowest BCUT2D eigenvalue weighted by Crippen LogP contribution is -2.47. The van der Waals surface area contributed by atoms with Gasteiger partial charge in [0.25, 0.3) is 11.8 Å². The van der Waals surface area contributed by atoms with Crippen LogP contribution in [-0.4, -0.2) is 66.9 Å². The van der Waals surface area contributed by atoms with E-state index in [0.717, 1.165) is 70.6 Å². The summed E-state index contributed by atoms with van der Waals surface area (Å²) < 4.78 is 0. The molecule has 0 spiro atoms. The highest BCUT2D eigenvalue weighted by atomic mass is 32.2. The second-order valence-electron chi connectivity index (χ2n) is 9.63. The molecule has 0 aliphatic carbocycles. The number of aryl methyl sites for hydroxylation is 1. The van der Waals surface area contributed by atoms with Crippen LogP contribution in [0.15, 0.2) is 53.4 Å². The number of fused-ring (bicyclic) bond motifs is 1. The molecule has 0 unspecified atom stereocenters. The van der Waals surface area contributed by atoms with E-state index >= 15 is 0 Å². The molecule has 3 aromatic rings. The first kappa shape index (κ1) is 24.4. The Morgan fingerprint density at radius 2 is 1.75 bits per heavy atom. The number of H-pyrrole nitrogens is 1. The lowest BCUT2D eigenvalue weighted by molar-refractivity contribution is -0.112. The number of benzene rings is 2. The maximum atomic E-state index is 13.3. The molecule has 2 aromatic carbocycles. The highest BCUT2D eigenvalue weighted by molar-refractivity contribution is 7.98. The molecule has 1 saturated heterocycles.